The number of thioether (sulfide) groups is 1. The molecule has 1 amide bonds. The number of methoxy groups -OCH3 is 1. The molecule has 3 rings (SSSR count). The minimum atomic E-state index is -0.209. The van der Waals surface area contributed by atoms with Gasteiger partial charge in [-0.05, 0) is 69.7 Å². The van der Waals surface area contributed by atoms with Gasteiger partial charge < -0.3 is 10.1 Å². The first-order valence-corrected chi connectivity index (χ1v) is 9.41. The number of nitrogens with one attached hydrogen (secondary N) is 1. The van der Waals surface area contributed by atoms with E-state index in [9.17, 15) is 4.79 Å². The Bertz CT molecular complexity index is 916. The first kappa shape index (κ1) is 18.3. The smallest absolute Gasteiger partial charge is 0.264 e. The number of carbonyl (C=O) groups excluding carboxylic acids is 1. The Kier molecular flexibility index (Phi) is 5.74. The van der Waals surface area contributed by atoms with E-state index in [4.69, 9.17) is 27.9 Å². The Labute approximate surface area is 167 Å². The zero-order chi connectivity index (χ0) is 18.0. The van der Waals surface area contributed by atoms with Crippen molar-refractivity contribution in [2.24, 2.45) is 4.99 Å². The molecule has 25 heavy (non-hydrogen) atoms. The van der Waals surface area contributed by atoms with Crippen molar-refractivity contribution in [1.29, 1.82) is 0 Å². The van der Waals surface area contributed by atoms with E-state index in [1.54, 1.807) is 43.5 Å². The van der Waals surface area contributed by atoms with Crippen molar-refractivity contribution < 1.29 is 9.53 Å². The highest BCUT2D eigenvalue weighted by molar-refractivity contribution is 9.10. The molecule has 2 aromatic carbocycles. The van der Waals surface area contributed by atoms with Crippen LogP contribution in [-0.4, -0.2) is 18.2 Å². The lowest BCUT2D eigenvalue weighted by Crippen LogP contribution is -2.19. The molecular weight excluding hydrogens is 447 g/mol. The highest BCUT2D eigenvalue weighted by Gasteiger charge is 2.24. The topological polar surface area (TPSA) is 50.7 Å². The van der Waals surface area contributed by atoms with Crippen LogP contribution >= 0.6 is 50.9 Å². The summed E-state index contributed by atoms with van der Waals surface area (Å²) in [6.07, 6.45) is 1.75. The highest BCUT2D eigenvalue weighted by Crippen LogP contribution is 2.32. The number of carbonyl (C=O) groups is 1. The molecule has 8 heteroatoms. The van der Waals surface area contributed by atoms with Gasteiger partial charge in [0.1, 0.15) is 5.75 Å². The molecule has 1 saturated heterocycles. The number of amidine groups is 1. The van der Waals surface area contributed by atoms with Gasteiger partial charge >= 0.3 is 0 Å². The molecule has 2 aromatic rings. The Morgan fingerprint density at radius 2 is 2.00 bits per heavy atom. The van der Waals surface area contributed by atoms with Gasteiger partial charge in [0.05, 0.1) is 27.7 Å². The molecule has 0 spiro atoms. The number of hydrogen-bond donors (Lipinski definition) is 1. The van der Waals surface area contributed by atoms with Gasteiger partial charge in [-0.15, -0.1) is 0 Å². The van der Waals surface area contributed by atoms with Crippen LogP contribution < -0.4 is 10.1 Å². The molecular formula is C17H11BrCl2N2O2S. The van der Waals surface area contributed by atoms with E-state index < -0.39 is 0 Å². The van der Waals surface area contributed by atoms with E-state index in [0.29, 0.717) is 31.6 Å². The van der Waals surface area contributed by atoms with Gasteiger partial charge in [0.25, 0.3) is 5.91 Å². The van der Waals surface area contributed by atoms with Gasteiger partial charge in [-0.25, -0.2) is 4.99 Å². The molecule has 0 unspecified atom stereocenters. The third-order valence-electron chi connectivity index (χ3n) is 3.26. The lowest BCUT2D eigenvalue weighted by atomic mass is 10.2. The van der Waals surface area contributed by atoms with E-state index in [1.807, 2.05) is 6.07 Å². The molecule has 0 radical (unpaired) electrons. The molecule has 1 aliphatic rings. The predicted octanol–water partition coefficient (Wildman–Crippen LogP) is 5.66. The number of benzene rings is 2. The molecule has 1 fully saturated rings. The monoisotopic (exact) mass is 456 g/mol. The standard InChI is InChI=1S/C17H11BrCl2N2O2S/c1-24-14-5-2-9(6-13(14)20)7-15-16(23)22-17(25-15)21-10-3-4-11(18)12(19)8-10/h2-8H,1H3,(H,21,22,23)/b15-7+. The van der Waals surface area contributed by atoms with Gasteiger partial charge in [-0.1, -0.05) is 29.3 Å². The second kappa shape index (κ2) is 7.83. The van der Waals surface area contributed by atoms with Crippen LogP contribution in [0.4, 0.5) is 5.69 Å². The number of hydrogen-bond acceptors (Lipinski definition) is 4. The first-order chi connectivity index (χ1) is 12.0. The van der Waals surface area contributed by atoms with Crippen LogP contribution in [-0.2, 0) is 4.79 Å². The zero-order valence-electron chi connectivity index (χ0n) is 12.8. The lowest BCUT2D eigenvalue weighted by molar-refractivity contribution is -0.115. The molecule has 4 nitrogen and oxygen atoms in total. The summed E-state index contributed by atoms with van der Waals surface area (Å²) in [6.45, 7) is 0. The van der Waals surface area contributed by atoms with Crippen LogP contribution in [0.25, 0.3) is 6.08 Å². The Hall–Kier alpha value is -1.47. The molecule has 0 aromatic heterocycles. The molecule has 0 aliphatic carbocycles. The minimum absolute atomic E-state index is 0.209. The fraction of sp³-hybridized carbons (Fsp3) is 0.0588. The SMILES string of the molecule is COc1ccc(/C=C2/SC(=Nc3ccc(Br)c(Cl)c3)NC2=O)cc1Cl. The Balaban J connectivity index is 1.83. The zero-order valence-corrected chi connectivity index (χ0v) is 16.8. The number of ether oxygens (including phenoxy) is 1. The molecule has 1 aliphatic heterocycles. The van der Waals surface area contributed by atoms with Crippen molar-refractivity contribution in [1.82, 2.24) is 5.32 Å². The van der Waals surface area contributed by atoms with Crippen LogP contribution in [0.1, 0.15) is 5.56 Å². The third-order valence-corrected chi connectivity index (χ3v) is 5.70. The van der Waals surface area contributed by atoms with Crippen LogP contribution in [0.15, 0.2) is 50.8 Å². The number of aliphatic imine (C=N–C) groups is 1. The molecule has 0 saturated carbocycles. The second-order valence-electron chi connectivity index (χ2n) is 4.97. The number of nitrogens with zero attached hydrogens (tertiary/aromatic N) is 1. The molecule has 0 bridgehead atoms. The first-order valence-electron chi connectivity index (χ1n) is 7.04. The average molecular weight is 458 g/mol. The van der Waals surface area contributed by atoms with E-state index in [2.05, 4.69) is 26.2 Å². The quantitative estimate of drug-likeness (QED) is 0.605. The maximum Gasteiger partial charge on any atom is 0.264 e. The summed E-state index contributed by atoms with van der Waals surface area (Å²) in [5.74, 6) is 0.376. The largest absolute Gasteiger partial charge is 0.495 e. The second-order valence-corrected chi connectivity index (χ2v) is 7.67. The maximum absolute atomic E-state index is 12.1. The van der Waals surface area contributed by atoms with Crippen molar-refractivity contribution in [3.8, 4) is 5.75 Å². The fourth-order valence-corrected chi connectivity index (χ4v) is 3.61. The van der Waals surface area contributed by atoms with E-state index in [-0.39, 0.29) is 5.91 Å². The average Bonchev–Trinajstić information content (AvgIpc) is 2.90. The highest BCUT2D eigenvalue weighted by atomic mass is 79.9. The Morgan fingerprint density at radius 1 is 1.20 bits per heavy atom. The number of halogens is 3. The molecule has 128 valence electrons. The summed E-state index contributed by atoms with van der Waals surface area (Å²) >= 11 is 16.8. The Morgan fingerprint density at radius 3 is 2.68 bits per heavy atom. The lowest BCUT2D eigenvalue weighted by Gasteiger charge is -2.03. The van der Waals surface area contributed by atoms with Crippen LogP contribution in [0, 0.1) is 0 Å². The van der Waals surface area contributed by atoms with Crippen molar-refractivity contribution >= 4 is 73.7 Å². The van der Waals surface area contributed by atoms with Crippen molar-refractivity contribution in [2.45, 2.75) is 0 Å². The van der Waals surface area contributed by atoms with Crippen molar-refractivity contribution in [3.63, 3.8) is 0 Å². The van der Waals surface area contributed by atoms with Crippen LogP contribution in [0.2, 0.25) is 10.0 Å². The number of amides is 1. The van der Waals surface area contributed by atoms with Gasteiger partial charge in [-0.3, -0.25) is 4.79 Å². The van der Waals surface area contributed by atoms with Crippen LogP contribution in [0.5, 0.6) is 5.75 Å². The molecule has 1 heterocycles. The van der Waals surface area contributed by atoms with Gasteiger partial charge in [0, 0.05) is 4.47 Å². The van der Waals surface area contributed by atoms with Gasteiger partial charge in [0.2, 0.25) is 0 Å². The van der Waals surface area contributed by atoms with E-state index in [1.165, 1.54) is 11.8 Å². The normalized spacial score (nSPS) is 17.2. The molecule has 1 N–H and O–H groups in total. The summed E-state index contributed by atoms with van der Waals surface area (Å²) in [5, 5.41) is 4.27. The number of rotatable bonds is 3. The minimum Gasteiger partial charge on any atom is -0.495 e. The summed E-state index contributed by atoms with van der Waals surface area (Å²) in [4.78, 5) is 17.1. The summed E-state index contributed by atoms with van der Waals surface area (Å²) in [7, 11) is 1.55. The van der Waals surface area contributed by atoms with Gasteiger partial charge in [-0.2, -0.15) is 0 Å². The molecule has 0 atom stereocenters. The van der Waals surface area contributed by atoms with E-state index >= 15 is 0 Å². The fourth-order valence-electron chi connectivity index (χ4n) is 2.08. The third kappa shape index (κ3) is 4.39. The predicted molar refractivity (Wildman–Crippen MR) is 108 cm³/mol. The van der Waals surface area contributed by atoms with Crippen molar-refractivity contribution in [3.05, 3.63) is 61.4 Å². The van der Waals surface area contributed by atoms with Crippen LogP contribution in [0.3, 0.4) is 0 Å². The summed E-state index contributed by atoms with van der Waals surface area (Å²) in [5.41, 5.74) is 1.46. The van der Waals surface area contributed by atoms with Gasteiger partial charge in [0.15, 0.2) is 5.17 Å². The maximum atomic E-state index is 12.1. The summed E-state index contributed by atoms with van der Waals surface area (Å²) < 4.78 is 5.91. The van der Waals surface area contributed by atoms with Crippen molar-refractivity contribution in [2.75, 3.05) is 7.11 Å². The van der Waals surface area contributed by atoms with E-state index in [0.717, 1.165) is 10.0 Å². The summed E-state index contributed by atoms with van der Waals surface area (Å²) in [6, 6.07) is 10.7.